The Bertz CT molecular complexity index is 715. The predicted molar refractivity (Wildman–Crippen MR) is 74.7 cm³/mol. The highest BCUT2D eigenvalue weighted by Crippen LogP contribution is 2.31. The third kappa shape index (κ3) is 3.24. The Labute approximate surface area is 119 Å². The minimum absolute atomic E-state index is 0.0646. The van der Waals surface area contributed by atoms with Gasteiger partial charge in [0.25, 0.3) is 0 Å². The van der Waals surface area contributed by atoms with Gasteiger partial charge in [0, 0.05) is 23.9 Å². The SMILES string of the molecule is Cc1ccc(Oc2cc(/C(N)=N/O)ccn2)c([N+](=O)[O-])c1. The van der Waals surface area contributed by atoms with Crippen molar-refractivity contribution < 1.29 is 14.9 Å². The third-order valence-corrected chi connectivity index (χ3v) is 2.66. The number of aromatic nitrogens is 1. The molecule has 8 nitrogen and oxygen atoms in total. The normalized spacial score (nSPS) is 11.2. The van der Waals surface area contributed by atoms with Gasteiger partial charge in [0.1, 0.15) is 0 Å². The molecule has 21 heavy (non-hydrogen) atoms. The lowest BCUT2D eigenvalue weighted by Crippen LogP contribution is -2.13. The van der Waals surface area contributed by atoms with E-state index >= 15 is 0 Å². The molecule has 2 aromatic rings. The van der Waals surface area contributed by atoms with Crippen LogP contribution in [-0.4, -0.2) is 21.0 Å². The van der Waals surface area contributed by atoms with Gasteiger partial charge < -0.3 is 15.7 Å². The van der Waals surface area contributed by atoms with Crippen LogP contribution >= 0.6 is 0 Å². The first-order valence-corrected chi connectivity index (χ1v) is 5.88. The van der Waals surface area contributed by atoms with Gasteiger partial charge in [-0.1, -0.05) is 11.2 Å². The monoisotopic (exact) mass is 288 g/mol. The Kier molecular flexibility index (Phi) is 3.98. The van der Waals surface area contributed by atoms with Crippen molar-refractivity contribution in [3.63, 3.8) is 0 Å². The number of nitrogens with zero attached hydrogens (tertiary/aromatic N) is 3. The second-order valence-electron chi connectivity index (χ2n) is 4.20. The molecule has 8 heteroatoms. The highest BCUT2D eigenvalue weighted by molar-refractivity contribution is 5.97. The molecule has 0 aliphatic carbocycles. The average molecular weight is 288 g/mol. The number of oxime groups is 1. The van der Waals surface area contributed by atoms with Gasteiger partial charge in [-0.05, 0) is 24.6 Å². The zero-order valence-corrected chi connectivity index (χ0v) is 11.1. The summed E-state index contributed by atoms with van der Waals surface area (Å²) in [5.41, 5.74) is 6.43. The average Bonchev–Trinajstić information content (AvgIpc) is 2.48. The number of hydrogen-bond acceptors (Lipinski definition) is 6. The summed E-state index contributed by atoms with van der Waals surface area (Å²) in [6.45, 7) is 1.74. The van der Waals surface area contributed by atoms with E-state index in [1.165, 1.54) is 30.5 Å². The topological polar surface area (TPSA) is 124 Å². The standard InChI is InChI=1S/C13H12N4O4/c1-8-2-3-11(10(6-8)17(19)20)21-12-7-9(4-5-15-12)13(14)16-18/h2-7,18H,1H3,(H2,14,16). The number of nitro groups is 1. The van der Waals surface area contributed by atoms with Crippen LogP contribution in [0.3, 0.4) is 0 Å². The lowest BCUT2D eigenvalue weighted by Gasteiger charge is -2.07. The highest BCUT2D eigenvalue weighted by atomic mass is 16.6. The van der Waals surface area contributed by atoms with Crippen molar-refractivity contribution >= 4 is 11.5 Å². The molecule has 0 aliphatic heterocycles. The molecule has 3 N–H and O–H groups in total. The Morgan fingerprint density at radius 1 is 1.43 bits per heavy atom. The van der Waals surface area contributed by atoms with Crippen molar-refractivity contribution in [2.75, 3.05) is 0 Å². The minimum Gasteiger partial charge on any atom is -0.432 e. The van der Waals surface area contributed by atoms with E-state index in [9.17, 15) is 10.1 Å². The Morgan fingerprint density at radius 3 is 2.86 bits per heavy atom. The zero-order chi connectivity index (χ0) is 15.4. The summed E-state index contributed by atoms with van der Waals surface area (Å²) in [6, 6.07) is 7.52. The van der Waals surface area contributed by atoms with E-state index < -0.39 is 4.92 Å². The summed E-state index contributed by atoms with van der Waals surface area (Å²) < 4.78 is 5.42. The van der Waals surface area contributed by atoms with Crippen LogP contribution in [0.25, 0.3) is 0 Å². The number of pyridine rings is 1. The quantitative estimate of drug-likeness (QED) is 0.292. The lowest BCUT2D eigenvalue weighted by atomic mass is 10.2. The molecule has 0 saturated heterocycles. The second-order valence-corrected chi connectivity index (χ2v) is 4.20. The lowest BCUT2D eigenvalue weighted by molar-refractivity contribution is -0.385. The molecule has 2 rings (SSSR count). The van der Waals surface area contributed by atoms with Crippen LogP contribution in [-0.2, 0) is 0 Å². The van der Waals surface area contributed by atoms with Crippen LogP contribution < -0.4 is 10.5 Å². The van der Waals surface area contributed by atoms with Gasteiger partial charge in [-0.25, -0.2) is 4.98 Å². The Hall–Kier alpha value is -3.16. The van der Waals surface area contributed by atoms with Crippen molar-refractivity contribution in [1.29, 1.82) is 0 Å². The second kappa shape index (κ2) is 5.87. The molecule has 0 atom stereocenters. The molecule has 0 fully saturated rings. The molecule has 0 saturated carbocycles. The van der Waals surface area contributed by atoms with Gasteiger partial charge >= 0.3 is 5.69 Å². The summed E-state index contributed by atoms with van der Waals surface area (Å²) in [5, 5.41) is 22.5. The molecule has 0 aliphatic rings. The number of hydrogen-bond donors (Lipinski definition) is 2. The van der Waals surface area contributed by atoms with Gasteiger partial charge in [0.2, 0.25) is 11.6 Å². The fraction of sp³-hybridized carbons (Fsp3) is 0.0769. The largest absolute Gasteiger partial charge is 0.432 e. The van der Waals surface area contributed by atoms with Crippen molar-refractivity contribution in [3.8, 4) is 11.6 Å². The molecular formula is C13H12N4O4. The number of ether oxygens (including phenoxy) is 1. The molecule has 0 amide bonds. The number of rotatable bonds is 4. The zero-order valence-electron chi connectivity index (χ0n) is 11.1. The Morgan fingerprint density at radius 2 is 2.19 bits per heavy atom. The Balaban J connectivity index is 2.37. The molecule has 108 valence electrons. The molecule has 0 radical (unpaired) electrons. The predicted octanol–water partition coefficient (Wildman–Crippen LogP) is 2.19. The van der Waals surface area contributed by atoms with E-state index in [4.69, 9.17) is 15.7 Å². The fourth-order valence-electron chi connectivity index (χ4n) is 1.65. The number of benzene rings is 1. The van der Waals surface area contributed by atoms with Gasteiger partial charge in [0.15, 0.2) is 5.84 Å². The number of nitro benzene ring substituents is 1. The van der Waals surface area contributed by atoms with Crippen LogP contribution in [0.4, 0.5) is 5.69 Å². The van der Waals surface area contributed by atoms with Gasteiger partial charge in [-0.15, -0.1) is 0 Å². The maximum atomic E-state index is 11.0. The smallest absolute Gasteiger partial charge is 0.311 e. The third-order valence-electron chi connectivity index (χ3n) is 2.66. The first kappa shape index (κ1) is 14.3. The molecule has 1 heterocycles. The van der Waals surface area contributed by atoms with Crippen LogP contribution in [0.5, 0.6) is 11.6 Å². The van der Waals surface area contributed by atoms with E-state index in [-0.39, 0.29) is 23.2 Å². The van der Waals surface area contributed by atoms with Crippen molar-refractivity contribution in [1.82, 2.24) is 4.98 Å². The maximum Gasteiger partial charge on any atom is 0.311 e. The first-order chi connectivity index (χ1) is 10.0. The molecule has 0 spiro atoms. The van der Waals surface area contributed by atoms with Gasteiger partial charge in [-0.3, -0.25) is 10.1 Å². The summed E-state index contributed by atoms with van der Waals surface area (Å²) in [4.78, 5) is 14.4. The number of amidine groups is 1. The highest BCUT2D eigenvalue weighted by Gasteiger charge is 2.16. The van der Waals surface area contributed by atoms with Crippen LogP contribution in [0.1, 0.15) is 11.1 Å². The molecular weight excluding hydrogens is 276 g/mol. The van der Waals surface area contributed by atoms with E-state index in [0.29, 0.717) is 5.56 Å². The summed E-state index contributed by atoms with van der Waals surface area (Å²) in [7, 11) is 0. The summed E-state index contributed by atoms with van der Waals surface area (Å²) in [6.07, 6.45) is 1.39. The molecule has 1 aromatic heterocycles. The van der Waals surface area contributed by atoms with Crippen molar-refractivity contribution in [2.24, 2.45) is 10.9 Å². The van der Waals surface area contributed by atoms with E-state index in [1.807, 2.05) is 0 Å². The van der Waals surface area contributed by atoms with E-state index in [1.54, 1.807) is 13.0 Å². The fourth-order valence-corrected chi connectivity index (χ4v) is 1.65. The summed E-state index contributed by atoms with van der Waals surface area (Å²) in [5.74, 6) is 0.0569. The van der Waals surface area contributed by atoms with Gasteiger partial charge in [0.05, 0.1) is 4.92 Å². The minimum atomic E-state index is -0.532. The molecule has 0 bridgehead atoms. The van der Waals surface area contributed by atoms with Gasteiger partial charge in [-0.2, -0.15) is 0 Å². The first-order valence-electron chi connectivity index (χ1n) is 5.88. The van der Waals surface area contributed by atoms with Crippen LogP contribution in [0, 0.1) is 17.0 Å². The van der Waals surface area contributed by atoms with E-state index in [2.05, 4.69) is 10.1 Å². The maximum absolute atomic E-state index is 11.0. The van der Waals surface area contributed by atoms with E-state index in [0.717, 1.165) is 5.56 Å². The van der Waals surface area contributed by atoms with Crippen molar-refractivity contribution in [2.45, 2.75) is 6.92 Å². The number of nitrogens with two attached hydrogens (primary N) is 1. The number of aryl methyl sites for hydroxylation is 1. The molecule has 1 aromatic carbocycles. The summed E-state index contributed by atoms with van der Waals surface area (Å²) >= 11 is 0. The van der Waals surface area contributed by atoms with Crippen LogP contribution in [0.15, 0.2) is 41.7 Å². The molecule has 0 unspecified atom stereocenters. The van der Waals surface area contributed by atoms with Crippen LogP contribution in [0.2, 0.25) is 0 Å². The van der Waals surface area contributed by atoms with Crippen molar-refractivity contribution in [3.05, 3.63) is 57.8 Å².